The first-order chi connectivity index (χ1) is 60.6. The Kier molecular flexibility index (Phi) is 124. The number of aliphatic hydroxyl groups is 8. The van der Waals surface area contributed by atoms with Crippen molar-refractivity contribution in [3.05, 3.63) is 219 Å². The highest BCUT2D eigenvalue weighted by Crippen LogP contribution is 2.24. The molecule has 31 nitrogen and oxygen atoms in total. The van der Waals surface area contributed by atoms with E-state index in [1.165, 1.54) is 102 Å². The molecule has 13 N–H and O–H groups in total. The molecule has 2 saturated carbocycles. The third-order valence-electron chi connectivity index (χ3n) is 15.8. The molecule has 3 aromatic rings. The van der Waals surface area contributed by atoms with E-state index in [0.717, 1.165) is 82.8 Å². The average Bonchev–Trinajstić information content (AvgIpc) is 0.914. The fourth-order valence-electron chi connectivity index (χ4n) is 7.75. The number of carbonyl (C=O) groups excluding carboxylic acids is 10. The molecule has 2 aliphatic rings. The molecule has 5 rings (SSSR count). The van der Waals surface area contributed by atoms with Gasteiger partial charge in [0.2, 0.25) is 0 Å². The average molecular weight is 1810 g/mol. The van der Waals surface area contributed by atoms with Gasteiger partial charge in [0, 0.05) is 28.9 Å². The molecule has 3 aromatic carbocycles. The number of carboxylic acid groups (broad SMARTS) is 5. The van der Waals surface area contributed by atoms with Crippen molar-refractivity contribution in [2.45, 2.75) is 210 Å². The van der Waals surface area contributed by atoms with Crippen molar-refractivity contribution in [1.29, 1.82) is 0 Å². The number of benzene rings is 3. The number of esters is 3. The van der Waals surface area contributed by atoms with Crippen LogP contribution < -0.4 is 0 Å². The molecule has 0 saturated heterocycles. The molecular formula is C97H150O31. The second-order valence-corrected chi connectivity index (χ2v) is 27.2. The molecule has 0 unspecified atom stereocenters. The normalized spacial score (nSPS) is 10.7. The number of aliphatic hydroxyl groups excluding tert-OH is 8. The van der Waals surface area contributed by atoms with E-state index in [1.54, 1.807) is 58.0 Å². The van der Waals surface area contributed by atoms with Gasteiger partial charge >= 0.3 is 66.2 Å². The van der Waals surface area contributed by atoms with E-state index >= 15 is 0 Å². The lowest BCUT2D eigenvalue weighted by molar-refractivity contribution is -0.193. The van der Waals surface area contributed by atoms with Gasteiger partial charge in [0.05, 0.1) is 101 Å². The topological polar surface area (TPSA) is 547 Å². The second-order valence-electron chi connectivity index (χ2n) is 27.2. The molecule has 724 valence electrons. The molecule has 0 bridgehead atoms. The number of rotatable bonds is 35. The van der Waals surface area contributed by atoms with Gasteiger partial charge in [-0.1, -0.05) is 273 Å². The largest absolute Gasteiger partial charge is 0.481 e. The van der Waals surface area contributed by atoms with Crippen LogP contribution in [0.2, 0.25) is 0 Å². The van der Waals surface area contributed by atoms with E-state index < -0.39 is 93.5 Å². The van der Waals surface area contributed by atoms with E-state index in [9.17, 15) is 43.2 Å². The van der Waals surface area contributed by atoms with E-state index in [-0.39, 0.29) is 54.0 Å². The van der Waals surface area contributed by atoms with Crippen LogP contribution in [-0.2, 0) is 81.3 Å². The minimum atomic E-state index is -1.11. The molecule has 0 aliphatic heterocycles. The number of aliphatic carboxylic acids is 4. The van der Waals surface area contributed by atoms with Crippen LogP contribution >= 0.6 is 0 Å². The number of Topliss-reactive ketones (excluding diaryl/α,β-unsaturated/α-hetero) is 1. The molecule has 0 radical (unpaired) electrons. The van der Waals surface area contributed by atoms with Gasteiger partial charge in [0.1, 0.15) is 0 Å². The summed E-state index contributed by atoms with van der Waals surface area (Å²) >= 11 is 0. The van der Waals surface area contributed by atoms with Crippen LogP contribution in [0.5, 0.6) is 0 Å². The Morgan fingerprint density at radius 2 is 0.633 bits per heavy atom. The van der Waals surface area contributed by atoms with Crippen LogP contribution in [0.1, 0.15) is 231 Å². The smallest absolute Gasteiger partial charge is 0.373 e. The predicted molar refractivity (Wildman–Crippen MR) is 492 cm³/mol. The van der Waals surface area contributed by atoms with Gasteiger partial charge in [-0.05, 0) is 134 Å². The summed E-state index contributed by atoms with van der Waals surface area (Å²) < 4.78 is 13.7. The summed E-state index contributed by atoms with van der Waals surface area (Å²) in [6, 6.07) is 28.4. The molecule has 0 spiro atoms. The Morgan fingerprint density at radius 3 is 0.797 bits per heavy atom. The minimum absolute atomic E-state index is 0.0289. The maximum atomic E-state index is 10.6. The van der Waals surface area contributed by atoms with Gasteiger partial charge in [-0.2, -0.15) is 28.8 Å². The van der Waals surface area contributed by atoms with Gasteiger partial charge in [0.15, 0.2) is 5.78 Å². The van der Waals surface area contributed by atoms with Crippen molar-refractivity contribution in [2.24, 2.45) is 22.7 Å². The maximum Gasteiger partial charge on any atom is 0.373 e. The summed E-state index contributed by atoms with van der Waals surface area (Å²) in [5.41, 5.74) is 2.43. The van der Waals surface area contributed by atoms with E-state index in [2.05, 4.69) is 95.5 Å². The summed E-state index contributed by atoms with van der Waals surface area (Å²) in [6.45, 7) is 41.0. The van der Waals surface area contributed by atoms with Crippen molar-refractivity contribution in [2.75, 3.05) is 73.2 Å². The van der Waals surface area contributed by atoms with Crippen molar-refractivity contribution in [1.82, 2.24) is 0 Å². The fraction of sp³-hybridized carbons (Fsp3) is 0.485. The van der Waals surface area contributed by atoms with E-state index in [0.29, 0.717) is 41.1 Å². The molecule has 0 heterocycles. The van der Waals surface area contributed by atoms with Gasteiger partial charge in [-0.3, -0.25) is 14.4 Å². The summed E-state index contributed by atoms with van der Waals surface area (Å²) in [4.78, 5) is 140. The first kappa shape index (κ1) is 142. The number of carbonyl (C=O) groups is 9. The van der Waals surface area contributed by atoms with Gasteiger partial charge in [-0.15, -0.1) is 0 Å². The SMILES string of the molecule is C=C(C)C(=O)OC.C=C(C)C(=O)OCCC.C=C(C)C(=O)OCCC.C=C(C)C(C)=O.C=CC(=O)O.C=CC(=O)O.C=Cc1ccccc1.C=Cc1ccccc1.CCCCC/C=C\C/C=C\CCCCCCC.O=C(O)C1CCCCC1.O=C(O)C1CCCCC1.O=C(O)c1ccccc1.O=C=O.O=C=O.O=C=O.OCC(CO)(CO)CO.OCC(CO)(CO)CO. The third kappa shape index (κ3) is 116. The monoisotopic (exact) mass is 1810 g/mol. The van der Waals surface area contributed by atoms with Crippen LogP contribution in [0.3, 0.4) is 0 Å². The third-order valence-corrected chi connectivity index (χ3v) is 15.8. The zero-order valence-corrected chi connectivity index (χ0v) is 77.1. The van der Waals surface area contributed by atoms with Crippen LogP contribution in [0.15, 0.2) is 202 Å². The number of ether oxygens (including phenoxy) is 3. The molecule has 31 heteroatoms. The van der Waals surface area contributed by atoms with Crippen LogP contribution in [0, 0.1) is 22.7 Å². The molecule has 0 atom stereocenters. The van der Waals surface area contributed by atoms with E-state index in [1.807, 2.05) is 86.7 Å². The van der Waals surface area contributed by atoms with Gasteiger partial charge < -0.3 is 80.6 Å². The number of ketones is 1. The molecule has 128 heavy (non-hydrogen) atoms. The number of methoxy groups -OCH3 is 1. The lowest BCUT2D eigenvalue weighted by Crippen LogP contribution is -2.37. The Labute approximate surface area is 758 Å². The minimum Gasteiger partial charge on any atom is -0.481 e. The molecular weight excluding hydrogens is 1660 g/mol. The Bertz CT molecular complexity index is 3260. The molecule has 0 amide bonds. The molecule has 2 fully saturated rings. The first-order valence-electron chi connectivity index (χ1n) is 41.2. The van der Waals surface area contributed by atoms with Crippen LogP contribution in [-0.4, -0.2) is 212 Å². The number of hydrogen-bond acceptors (Lipinski definition) is 26. The summed E-state index contributed by atoms with van der Waals surface area (Å²) in [5.74, 6) is -4.98. The summed E-state index contributed by atoms with van der Waals surface area (Å²) in [5, 5.41) is 109. The lowest BCUT2D eigenvalue weighted by Gasteiger charge is -2.23. The maximum absolute atomic E-state index is 10.6. The Balaban J connectivity index is -0.000000113. The Morgan fingerprint density at radius 1 is 0.383 bits per heavy atom. The first-order valence-corrected chi connectivity index (χ1v) is 41.2. The van der Waals surface area contributed by atoms with Gasteiger partial charge in [-0.25, -0.2) is 28.8 Å². The van der Waals surface area contributed by atoms with Crippen LogP contribution in [0.4, 0.5) is 0 Å². The molecule has 2 aliphatic carbocycles. The van der Waals surface area contributed by atoms with Crippen molar-refractivity contribution >= 4 is 84.1 Å². The highest BCUT2D eigenvalue weighted by Gasteiger charge is 2.27. The zero-order chi connectivity index (χ0) is 101. The number of hydrogen-bond donors (Lipinski definition) is 13. The lowest BCUT2D eigenvalue weighted by atomic mass is 9.90. The summed E-state index contributed by atoms with van der Waals surface area (Å²) in [6.07, 6.45) is 42.3. The number of allylic oxidation sites excluding steroid dienone is 5. The summed E-state index contributed by atoms with van der Waals surface area (Å²) in [7, 11) is 1.33. The predicted octanol–water partition coefficient (Wildman–Crippen LogP) is 15.3. The zero-order valence-electron chi connectivity index (χ0n) is 77.1. The van der Waals surface area contributed by atoms with Crippen molar-refractivity contribution in [3.8, 4) is 0 Å². The standard InChI is InChI=1S/C17H32.2C8H8.2C7H12O2.C7H6O2.2C7H12O2.2C5H12O4.C5H8O2.C5H8O.2C3H4O2.3CO2/c1-3-5-7-9-11-13-15-17-16-14-12-10-8-6-4-2;2*1-2-8-6-4-3-5-7-8;3*8-7(9)6-4-2-1-3-5-6;2*1-4-5-9-7(8)6(2)3;2*6-1-5(2-7,3-8)4-9;1-4(2)5(6)7-3;1-4(2)5(3)6;2*1-2-3(4)5;3*2-1-3/h11,13,16-17H,3-10,12,14-15H2,1-2H3;2*2-7H,1H2;2*6H,1-5H2,(H,8,9);1-5H,(H,8,9);2*2,4-5H2,1,3H3;2*6-9H,1-4H2;1H2,2-3H3;1H2,2-3H3;2*2H,1H2,(H,4,5);;;/b13-11-,17-16-;;;;;;;;;;;;;;;;. The second kappa shape index (κ2) is 111. The molecule has 0 aromatic heterocycles. The van der Waals surface area contributed by atoms with E-state index in [4.69, 9.17) is 105 Å². The Hall–Kier alpha value is -11.7. The number of aromatic carboxylic acids is 1. The van der Waals surface area contributed by atoms with Crippen LogP contribution in [0.25, 0.3) is 12.2 Å². The highest BCUT2D eigenvalue weighted by atomic mass is 16.5. The fourth-order valence-corrected chi connectivity index (χ4v) is 7.75. The quantitative estimate of drug-likeness (QED) is 0.00855. The highest BCUT2D eigenvalue weighted by molar-refractivity contribution is 5.92. The van der Waals surface area contributed by atoms with Crippen molar-refractivity contribution in [3.63, 3.8) is 0 Å². The van der Waals surface area contributed by atoms with Crippen molar-refractivity contribution < 1.29 is 153 Å². The number of unbranched alkanes of at least 4 members (excludes halogenated alkanes) is 8. The van der Waals surface area contributed by atoms with Gasteiger partial charge in [0.25, 0.3) is 0 Å². The number of carboxylic acids is 5.